The molecule has 0 aliphatic rings. The molecule has 0 aliphatic carbocycles. The lowest BCUT2D eigenvalue weighted by atomic mass is 10.0. The smallest absolute Gasteiger partial charge is 0.0753 e. The average molecular weight is 207 g/mol. The number of hydrogen-bond donors (Lipinski definition) is 1. The molecule has 3 nitrogen and oxygen atoms in total. The highest BCUT2D eigenvalue weighted by molar-refractivity contribution is 5.01. The Bertz CT molecular complexity index is 271. The minimum absolute atomic E-state index is 0.269. The van der Waals surface area contributed by atoms with Gasteiger partial charge in [0.15, 0.2) is 0 Å². The van der Waals surface area contributed by atoms with Crippen LogP contribution in [0.15, 0.2) is 18.6 Å². The zero-order valence-electron chi connectivity index (χ0n) is 10.1. The summed E-state index contributed by atoms with van der Waals surface area (Å²) in [6.45, 7) is 8.82. The summed E-state index contributed by atoms with van der Waals surface area (Å²) in [6, 6.07) is 0.813. The van der Waals surface area contributed by atoms with E-state index < -0.39 is 0 Å². The fourth-order valence-corrected chi connectivity index (χ4v) is 1.72. The summed E-state index contributed by atoms with van der Waals surface area (Å²) in [5.41, 5.74) is 1.01. The summed E-state index contributed by atoms with van der Waals surface area (Å²) in [7, 11) is 0. The lowest BCUT2D eigenvalue weighted by Crippen LogP contribution is -2.35. The van der Waals surface area contributed by atoms with Crippen LogP contribution in [0.3, 0.4) is 0 Å². The van der Waals surface area contributed by atoms with Crippen molar-refractivity contribution in [3.8, 4) is 0 Å². The highest BCUT2D eigenvalue weighted by atomic mass is 15.0. The second kappa shape index (κ2) is 5.81. The topological polar surface area (TPSA) is 37.8 Å². The van der Waals surface area contributed by atoms with Gasteiger partial charge in [-0.2, -0.15) is 0 Å². The third-order valence-corrected chi connectivity index (χ3v) is 2.74. The van der Waals surface area contributed by atoms with Gasteiger partial charge in [0.2, 0.25) is 0 Å². The summed E-state index contributed by atoms with van der Waals surface area (Å²) in [6.07, 6.45) is 6.41. The first-order valence-corrected chi connectivity index (χ1v) is 5.67. The average Bonchev–Trinajstić information content (AvgIpc) is 2.26. The second-order valence-corrected chi connectivity index (χ2v) is 4.28. The molecular weight excluding hydrogens is 186 g/mol. The zero-order valence-corrected chi connectivity index (χ0v) is 10.1. The monoisotopic (exact) mass is 207 g/mol. The number of aromatic nitrogens is 2. The van der Waals surface area contributed by atoms with Gasteiger partial charge in [-0.1, -0.05) is 20.8 Å². The highest BCUT2D eigenvalue weighted by Crippen LogP contribution is 2.13. The standard InChI is InChI=1S/C12H21N3/c1-5-11(9(2)3)15-10(4)12-8-13-6-7-14-12/h6-11,15H,5H2,1-4H3. The molecule has 2 unspecified atom stereocenters. The Morgan fingerprint density at radius 1 is 1.27 bits per heavy atom. The van der Waals surface area contributed by atoms with Gasteiger partial charge >= 0.3 is 0 Å². The van der Waals surface area contributed by atoms with Crippen molar-refractivity contribution in [2.75, 3.05) is 0 Å². The van der Waals surface area contributed by atoms with E-state index in [2.05, 4.69) is 43.0 Å². The minimum atomic E-state index is 0.269. The first-order chi connectivity index (χ1) is 7.15. The molecular formula is C12H21N3. The molecule has 0 bridgehead atoms. The van der Waals surface area contributed by atoms with E-state index >= 15 is 0 Å². The van der Waals surface area contributed by atoms with Crippen LogP contribution in [0, 0.1) is 5.92 Å². The van der Waals surface area contributed by atoms with Crippen LogP contribution in [-0.2, 0) is 0 Å². The Labute approximate surface area is 92.3 Å². The van der Waals surface area contributed by atoms with Crippen molar-refractivity contribution in [1.29, 1.82) is 0 Å². The van der Waals surface area contributed by atoms with E-state index in [9.17, 15) is 0 Å². The van der Waals surface area contributed by atoms with Gasteiger partial charge in [-0.25, -0.2) is 0 Å². The third kappa shape index (κ3) is 3.59. The van der Waals surface area contributed by atoms with Crippen LogP contribution < -0.4 is 5.32 Å². The van der Waals surface area contributed by atoms with Gasteiger partial charge in [-0.3, -0.25) is 9.97 Å². The van der Waals surface area contributed by atoms with Crippen LogP contribution in [0.1, 0.15) is 45.9 Å². The van der Waals surface area contributed by atoms with Crippen molar-refractivity contribution in [3.05, 3.63) is 24.3 Å². The molecule has 0 saturated heterocycles. The molecule has 15 heavy (non-hydrogen) atoms. The molecule has 1 aromatic rings. The number of rotatable bonds is 5. The predicted octanol–water partition coefficient (Wildman–Crippen LogP) is 2.56. The first-order valence-electron chi connectivity index (χ1n) is 5.67. The maximum Gasteiger partial charge on any atom is 0.0753 e. The molecule has 0 amide bonds. The second-order valence-electron chi connectivity index (χ2n) is 4.28. The lowest BCUT2D eigenvalue weighted by molar-refractivity contribution is 0.352. The van der Waals surface area contributed by atoms with Gasteiger partial charge in [0.25, 0.3) is 0 Å². The Hall–Kier alpha value is -0.960. The molecule has 1 aromatic heterocycles. The van der Waals surface area contributed by atoms with E-state index in [4.69, 9.17) is 0 Å². The summed E-state index contributed by atoms with van der Waals surface area (Å²) in [4.78, 5) is 8.38. The van der Waals surface area contributed by atoms with Crippen LogP contribution in [0.25, 0.3) is 0 Å². The summed E-state index contributed by atoms with van der Waals surface area (Å²) in [5.74, 6) is 0.647. The molecule has 2 atom stereocenters. The van der Waals surface area contributed by atoms with Gasteiger partial charge in [-0.05, 0) is 19.3 Å². The van der Waals surface area contributed by atoms with Gasteiger partial charge in [0.1, 0.15) is 0 Å². The van der Waals surface area contributed by atoms with E-state index in [0.29, 0.717) is 12.0 Å². The minimum Gasteiger partial charge on any atom is -0.306 e. The Kier molecular flexibility index (Phi) is 4.69. The fraction of sp³-hybridized carbons (Fsp3) is 0.667. The van der Waals surface area contributed by atoms with Crippen LogP contribution in [0.4, 0.5) is 0 Å². The summed E-state index contributed by atoms with van der Waals surface area (Å²) >= 11 is 0. The maximum absolute atomic E-state index is 4.30. The highest BCUT2D eigenvalue weighted by Gasteiger charge is 2.15. The Balaban J connectivity index is 2.58. The molecule has 0 spiro atoms. The van der Waals surface area contributed by atoms with Crippen molar-refractivity contribution in [1.82, 2.24) is 15.3 Å². The van der Waals surface area contributed by atoms with Gasteiger partial charge < -0.3 is 5.32 Å². The van der Waals surface area contributed by atoms with Crippen LogP contribution >= 0.6 is 0 Å². The lowest BCUT2D eigenvalue weighted by Gasteiger charge is -2.24. The fourth-order valence-electron chi connectivity index (χ4n) is 1.72. The van der Waals surface area contributed by atoms with Gasteiger partial charge in [0.05, 0.1) is 5.69 Å². The van der Waals surface area contributed by atoms with Gasteiger partial charge in [0, 0.05) is 30.7 Å². The summed E-state index contributed by atoms with van der Waals surface area (Å²) < 4.78 is 0. The molecule has 3 heteroatoms. The van der Waals surface area contributed by atoms with Crippen LogP contribution in [0.5, 0.6) is 0 Å². The van der Waals surface area contributed by atoms with Crippen molar-refractivity contribution in [3.63, 3.8) is 0 Å². The van der Waals surface area contributed by atoms with Crippen molar-refractivity contribution in [2.45, 2.75) is 46.2 Å². The van der Waals surface area contributed by atoms with Crippen molar-refractivity contribution >= 4 is 0 Å². The van der Waals surface area contributed by atoms with E-state index in [1.165, 1.54) is 0 Å². The van der Waals surface area contributed by atoms with E-state index in [0.717, 1.165) is 12.1 Å². The molecule has 0 aliphatic heterocycles. The van der Waals surface area contributed by atoms with Crippen molar-refractivity contribution < 1.29 is 0 Å². The van der Waals surface area contributed by atoms with E-state index in [1.54, 1.807) is 12.4 Å². The molecule has 0 aromatic carbocycles. The maximum atomic E-state index is 4.30. The molecule has 84 valence electrons. The SMILES string of the molecule is CCC(NC(C)c1cnccn1)C(C)C. The first kappa shape index (κ1) is 12.1. The Morgan fingerprint density at radius 2 is 2.00 bits per heavy atom. The third-order valence-electron chi connectivity index (χ3n) is 2.74. The predicted molar refractivity (Wildman–Crippen MR) is 62.5 cm³/mol. The quantitative estimate of drug-likeness (QED) is 0.806. The number of nitrogens with one attached hydrogen (secondary N) is 1. The van der Waals surface area contributed by atoms with Crippen molar-refractivity contribution in [2.24, 2.45) is 5.92 Å². The van der Waals surface area contributed by atoms with Crippen LogP contribution in [0.2, 0.25) is 0 Å². The molecule has 0 saturated carbocycles. The molecule has 0 radical (unpaired) electrons. The molecule has 1 N–H and O–H groups in total. The Morgan fingerprint density at radius 3 is 2.47 bits per heavy atom. The normalized spacial score (nSPS) is 15.3. The summed E-state index contributed by atoms with van der Waals surface area (Å²) in [5, 5.41) is 3.58. The van der Waals surface area contributed by atoms with E-state index in [1.807, 2.05) is 6.20 Å². The zero-order chi connectivity index (χ0) is 11.3. The largest absolute Gasteiger partial charge is 0.306 e. The molecule has 1 heterocycles. The van der Waals surface area contributed by atoms with Crippen LogP contribution in [-0.4, -0.2) is 16.0 Å². The van der Waals surface area contributed by atoms with Gasteiger partial charge in [-0.15, -0.1) is 0 Å². The number of nitrogens with zero attached hydrogens (tertiary/aromatic N) is 2. The van der Waals surface area contributed by atoms with E-state index in [-0.39, 0.29) is 6.04 Å². The number of hydrogen-bond acceptors (Lipinski definition) is 3. The molecule has 1 rings (SSSR count). The molecule has 0 fully saturated rings.